The number of carbonyl (C=O) groups excluding carboxylic acids is 3. The molecule has 240 valence electrons. The van der Waals surface area contributed by atoms with Gasteiger partial charge in [0.05, 0.1) is 23.2 Å². The van der Waals surface area contributed by atoms with Crippen LogP contribution in [-0.4, -0.2) is 80.9 Å². The molecule has 1 aliphatic rings. The van der Waals surface area contributed by atoms with Crippen molar-refractivity contribution in [3.8, 4) is 0 Å². The maximum atomic E-state index is 13.5. The number of esters is 3. The van der Waals surface area contributed by atoms with E-state index in [2.05, 4.69) is 20.5 Å². The highest BCUT2D eigenvalue weighted by Crippen LogP contribution is 2.32. The summed E-state index contributed by atoms with van der Waals surface area (Å²) < 4.78 is 30.6. The Labute approximate surface area is 265 Å². The highest BCUT2D eigenvalue weighted by Gasteiger charge is 2.53. The zero-order chi connectivity index (χ0) is 32.9. The molecule has 2 N–H and O–H groups in total. The van der Waals surface area contributed by atoms with Gasteiger partial charge in [0.2, 0.25) is 0 Å². The van der Waals surface area contributed by atoms with Crippen molar-refractivity contribution in [3.05, 3.63) is 128 Å². The summed E-state index contributed by atoms with van der Waals surface area (Å²) in [5.41, 5.74) is -1.31. The van der Waals surface area contributed by atoms with Crippen molar-refractivity contribution >= 4 is 28.9 Å². The summed E-state index contributed by atoms with van der Waals surface area (Å²) in [5, 5.41) is 12.2. The maximum absolute atomic E-state index is 13.5. The summed E-state index contributed by atoms with van der Waals surface area (Å²) in [6.07, 6.45) is -7.07. The molecule has 15 nitrogen and oxygen atoms in total. The quantitative estimate of drug-likeness (QED) is 0.176. The molecule has 2 aromatic heterocycles. The molecule has 0 unspecified atom stereocenters. The Morgan fingerprint density at radius 2 is 1.17 bits per heavy atom. The van der Waals surface area contributed by atoms with Crippen LogP contribution in [0.1, 0.15) is 31.1 Å². The second-order valence-corrected chi connectivity index (χ2v) is 10.4. The van der Waals surface area contributed by atoms with Crippen molar-refractivity contribution in [1.82, 2.24) is 25.2 Å². The Bertz CT molecular complexity index is 2000. The number of fused-ring (bicyclic) bond motifs is 1. The van der Waals surface area contributed by atoms with Crippen molar-refractivity contribution in [2.75, 3.05) is 7.11 Å². The first-order valence-electron chi connectivity index (χ1n) is 14.3. The molecule has 1 aliphatic heterocycles. The van der Waals surface area contributed by atoms with E-state index in [1.54, 1.807) is 54.6 Å². The molecule has 3 heterocycles. The zero-order valence-corrected chi connectivity index (χ0v) is 24.7. The van der Waals surface area contributed by atoms with Crippen LogP contribution in [0.5, 0.6) is 0 Å². The summed E-state index contributed by atoms with van der Waals surface area (Å²) in [6, 6.07) is 24.1. The van der Waals surface area contributed by atoms with E-state index in [4.69, 9.17) is 23.7 Å². The normalized spacial score (nSPS) is 20.7. The van der Waals surface area contributed by atoms with Gasteiger partial charge in [-0.3, -0.25) is 19.8 Å². The van der Waals surface area contributed by atoms with Crippen LogP contribution >= 0.6 is 0 Å². The SMILES string of the molecule is CO[C@H]1O[C@H](Cn2nnc3c(=O)[nH][nH]c(=O)c32)[C@@H](OC(=O)c2ccccc2)[C@H](OC(=O)c2ccccc2)[C@H]1OC(=O)c1ccccc1. The van der Waals surface area contributed by atoms with Gasteiger partial charge in [0, 0.05) is 7.11 Å². The van der Waals surface area contributed by atoms with Crippen LogP contribution in [0, 0.1) is 0 Å². The van der Waals surface area contributed by atoms with Crippen LogP contribution in [0.15, 0.2) is 101 Å². The number of methoxy groups -OCH3 is 1. The smallest absolute Gasteiger partial charge is 0.338 e. The Morgan fingerprint density at radius 1 is 0.702 bits per heavy atom. The number of ether oxygens (including phenoxy) is 5. The number of nitrogens with zero attached hydrogens (tertiary/aromatic N) is 3. The van der Waals surface area contributed by atoms with Gasteiger partial charge in [-0.25, -0.2) is 19.1 Å². The van der Waals surface area contributed by atoms with E-state index < -0.39 is 59.7 Å². The third kappa shape index (κ3) is 6.56. The van der Waals surface area contributed by atoms with Crippen LogP contribution in [0.4, 0.5) is 0 Å². The lowest BCUT2D eigenvalue weighted by Gasteiger charge is -2.44. The molecule has 1 saturated heterocycles. The Morgan fingerprint density at radius 3 is 1.68 bits per heavy atom. The van der Waals surface area contributed by atoms with Crippen molar-refractivity contribution in [1.29, 1.82) is 0 Å². The fourth-order valence-corrected chi connectivity index (χ4v) is 5.14. The summed E-state index contributed by atoms with van der Waals surface area (Å²) >= 11 is 0. The predicted octanol–water partition coefficient (Wildman–Crippen LogP) is 1.86. The number of rotatable bonds is 9. The Hall–Kier alpha value is -5.93. The minimum atomic E-state index is -1.51. The number of aromatic amines is 2. The van der Waals surface area contributed by atoms with E-state index in [1.807, 2.05) is 0 Å². The van der Waals surface area contributed by atoms with Gasteiger partial charge in [0.15, 0.2) is 35.6 Å². The number of carbonyl (C=O) groups is 3. The zero-order valence-electron chi connectivity index (χ0n) is 24.7. The molecular formula is C32H27N5O10. The van der Waals surface area contributed by atoms with Crippen LogP contribution in [0.3, 0.4) is 0 Å². The van der Waals surface area contributed by atoms with E-state index in [0.717, 1.165) is 4.68 Å². The second-order valence-electron chi connectivity index (χ2n) is 10.4. The lowest BCUT2D eigenvalue weighted by atomic mass is 9.97. The first-order chi connectivity index (χ1) is 22.8. The van der Waals surface area contributed by atoms with Gasteiger partial charge in [-0.1, -0.05) is 59.8 Å². The standard InChI is InChI=1S/C32H27N5O10/c1-43-32-26(47-31(42)20-15-9-4-10-16-20)25(46-30(41)19-13-7-3-8-14-19)24(45-29(40)18-11-5-2-6-12-18)21(44-32)17-37-23-22(33-36-37)27(38)34-35-28(23)39/h2-16,21,24-26,32H,17H2,1H3,(H,34,38)(H,35,39)/t21-,24-,25+,26-,32+/m1/s1. The van der Waals surface area contributed by atoms with Crippen LogP contribution < -0.4 is 11.1 Å². The number of benzene rings is 3. The fraction of sp³-hybridized carbons (Fsp3) is 0.219. The summed E-state index contributed by atoms with van der Waals surface area (Å²) in [6.45, 7) is -0.339. The van der Waals surface area contributed by atoms with E-state index in [1.165, 1.54) is 43.5 Å². The molecule has 3 aromatic carbocycles. The monoisotopic (exact) mass is 641 g/mol. The van der Waals surface area contributed by atoms with E-state index in [-0.39, 0.29) is 34.3 Å². The Kier molecular flexibility index (Phi) is 8.99. The van der Waals surface area contributed by atoms with Gasteiger partial charge in [0.1, 0.15) is 6.10 Å². The molecule has 5 aromatic rings. The molecule has 0 saturated carbocycles. The maximum Gasteiger partial charge on any atom is 0.338 e. The molecule has 1 fully saturated rings. The molecular weight excluding hydrogens is 614 g/mol. The largest absolute Gasteiger partial charge is 0.452 e. The molecule has 0 aliphatic carbocycles. The van der Waals surface area contributed by atoms with Gasteiger partial charge in [-0.2, -0.15) is 0 Å². The van der Waals surface area contributed by atoms with Gasteiger partial charge in [-0.05, 0) is 36.4 Å². The lowest BCUT2D eigenvalue weighted by Crippen LogP contribution is -2.62. The predicted molar refractivity (Wildman–Crippen MR) is 161 cm³/mol. The van der Waals surface area contributed by atoms with E-state index in [0.29, 0.717) is 0 Å². The molecule has 6 rings (SSSR count). The number of aromatic nitrogens is 5. The second kappa shape index (κ2) is 13.6. The van der Waals surface area contributed by atoms with Crippen molar-refractivity contribution in [3.63, 3.8) is 0 Å². The molecule has 0 radical (unpaired) electrons. The number of hydrogen-bond donors (Lipinski definition) is 2. The highest BCUT2D eigenvalue weighted by molar-refractivity contribution is 5.91. The first-order valence-corrected chi connectivity index (χ1v) is 14.3. The van der Waals surface area contributed by atoms with Crippen LogP contribution in [-0.2, 0) is 30.2 Å². The highest BCUT2D eigenvalue weighted by atomic mass is 16.7. The minimum Gasteiger partial charge on any atom is -0.452 e. The molecule has 47 heavy (non-hydrogen) atoms. The van der Waals surface area contributed by atoms with Gasteiger partial charge >= 0.3 is 17.9 Å². The number of nitrogens with one attached hydrogen (secondary N) is 2. The molecule has 0 bridgehead atoms. The van der Waals surface area contributed by atoms with Crippen molar-refractivity contribution in [2.24, 2.45) is 0 Å². The van der Waals surface area contributed by atoms with Crippen molar-refractivity contribution < 1.29 is 38.1 Å². The number of H-pyrrole nitrogens is 2. The molecule has 0 spiro atoms. The van der Waals surface area contributed by atoms with E-state index in [9.17, 15) is 24.0 Å². The molecule has 5 atom stereocenters. The summed E-state index contributed by atoms with van der Waals surface area (Å²) in [7, 11) is 1.28. The Balaban J connectivity index is 1.43. The van der Waals surface area contributed by atoms with Gasteiger partial charge < -0.3 is 23.7 Å². The average Bonchev–Trinajstić information content (AvgIpc) is 3.54. The number of hydrogen-bond acceptors (Lipinski definition) is 12. The summed E-state index contributed by atoms with van der Waals surface area (Å²) in [4.78, 5) is 65.3. The minimum absolute atomic E-state index is 0.166. The molecule has 15 heteroatoms. The van der Waals surface area contributed by atoms with Crippen LogP contribution in [0.25, 0.3) is 11.0 Å². The topological polar surface area (TPSA) is 194 Å². The third-order valence-corrected chi connectivity index (χ3v) is 7.39. The van der Waals surface area contributed by atoms with Crippen molar-refractivity contribution in [2.45, 2.75) is 37.3 Å². The van der Waals surface area contributed by atoms with E-state index >= 15 is 0 Å². The molecule has 0 amide bonds. The third-order valence-electron chi connectivity index (χ3n) is 7.39. The van der Waals surface area contributed by atoms with Gasteiger partial charge in [-0.15, -0.1) is 5.10 Å². The lowest BCUT2D eigenvalue weighted by molar-refractivity contribution is -0.289. The first kappa shape index (κ1) is 31.1. The van der Waals surface area contributed by atoms with Gasteiger partial charge in [0.25, 0.3) is 11.1 Å². The van der Waals surface area contributed by atoms with Crippen LogP contribution in [0.2, 0.25) is 0 Å². The average molecular weight is 642 g/mol. The summed E-state index contributed by atoms with van der Waals surface area (Å²) in [5.74, 6) is -2.42. The fourth-order valence-electron chi connectivity index (χ4n) is 5.14.